The van der Waals surface area contributed by atoms with Crippen molar-refractivity contribution >= 4 is 0 Å². The van der Waals surface area contributed by atoms with Gasteiger partial charge in [-0.25, -0.2) is 0 Å². The van der Waals surface area contributed by atoms with Crippen LogP contribution >= 0.6 is 0 Å². The minimum atomic E-state index is 0.738. The van der Waals surface area contributed by atoms with Crippen LogP contribution in [0.5, 0.6) is 0 Å². The molecule has 1 unspecified atom stereocenters. The van der Waals surface area contributed by atoms with Gasteiger partial charge in [-0.05, 0) is 26.3 Å². The Morgan fingerprint density at radius 2 is 1.50 bits per heavy atom. The van der Waals surface area contributed by atoms with Gasteiger partial charge in [0.1, 0.15) is 0 Å². The standard InChI is InChI=1S/C9H21N.C2H6/c1-6-9(4)10(5)7-8(2)3;1-2/h8-9H,6-7H2,1-5H3;1-2H3. The van der Waals surface area contributed by atoms with Crippen LogP contribution in [0.4, 0.5) is 0 Å². The van der Waals surface area contributed by atoms with E-state index >= 15 is 0 Å². The summed E-state index contributed by atoms with van der Waals surface area (Å²) in [5.41, 5.74) is 0. The molecule has 0 fully saturated rings. The highest BCUT2D eigenvalue weighted by molar-refractivity contribution is 4.61. The molecule has 0 saturated carbocycles. The first-order chi connectivity index (χ1) is 5.57. The number of nitrogens with zero attached hydrogens (tertiary/aromatic N) is 1. The van der Waals surface area contributed by atoms with Crippen molar-refractivity contribution in [3.05, 3.63) is 0 Å². The average molecular weight is 173 g/mol. The third-order valence-corrected chi connectivity index (χ3v) is 2.00. The molecule has 0 amide bonds. The van der Waals surface area contributed by atoms with Gasteiger partial charge in [-0.3, -0.25) is 0 Å². The molecule has 0 aromatic heterocycles. The topological polar surface area (TPSA) is 3.24 Å². The predicted molar refractivity (Wildman–Crippen MR) is 58.6 cm³/mol. The van der Waals surface area contributed by atoms with Gasteiger partial charge in [0.25, 0.3) is 0 Å². The molecule has 0 heterocycles. The molecule has 12 heavy (non-hydrogen) atoms. The van der Waals surface area contributed by atoms with Crippen molar-refractivity contribution in [2.75, 3.05) is 13.6 Å². The van der Waals surface area contributed by atoms with Crippen LogP contribution in [-0.2, 0) is 0 Å². The number of hydrogen-bond donors (Lipinski definition) is 0. The van der Waals surface area contributed by atoms with E-state index in [1.807, 2.05) is 13.8 Å². The van der Waals surface area contributed by atoms with Crippen LogP contribution in [-0.4, -0.2) is 24.5 Å². The zero-order valence-electron chi connectivity index (χ0n) is 10.0. The lowest BCUT2D eigenvalue weighted by molar-refractivity contribution is 0.226. The smallest absolute Gasteiger partial charge is 0.00613 e. The van der Waals surface area contributed by atoms with E-state index in [4.69, 9.17) is 0 Å². The summed E-state index contributed by atoms with van der Waals surface area (Å²) in [6.07, 6.45) is 1.25. The molecule has 0 rings (SSSR count). The molecule has 0 aliphatic heterocycles. The Kier molecular flexibility index (Phi) is 10.9. The van der Waals surface area contributed by atoms with Gasteiger partial charge in [-0.1, -0.05) is 34.6 Å². The number of rotatable bonds is 4. The summed E-state index contributed by atoms with van der Waals surface area (Å²) in [4.78, 5) is 2.42. The van der Waals surface area contributed by atoms with Gasteiger partial charge in [0, 0.05) is 12.6 Å². The minimum absolute atomic E-state index is 0.738. The molecule has 0 aliphatic rings. The van der Waals surface area contributed by atoms with Crippen molar-refractivity contribution in [2.45, 2.75) is 54.0 Å². The van der Waals surface area contributed by atoms with Gasteiger partial charge in [0.05, 0.1) is 0 Å². The van der Waals surface area contributed by atoms with E-state index in [1.165, 1.54) is 13.0 Å². The second-order valence-corrected chi connectivity index (χ2v) is 3.59. The van der Waals surface area contributed by atoms with E-state index in [-0.39, 0.29) is 0 Å². The molecule has 0 aromatic carbocycles. The van der Waals surface area contributed by atoms with Crippen molar-refractivity contribution in [3.8, 4) is 0 Å². The van der Waals surface area contributed by atoms with Crippen LogP contribution in [0, 0.1) is 5.92 Å². The molecule has 1 heteroatoms. The van der Waals surface area contributed by atoms with E-state index in [9.17, 15) is 0 Å². The summed E-state index contributed by atoms with van der Waals surface area (Å²) < 4.78 is 0. The summed E-state index contributed by atoms with van der Waals surface area (Å²) in [7, 11) is 2.20. The predicted octanol–water partition coefficient (Wildman–Crippen LogP) is 3.40. The Labute approximate surface area is 79.2 Å². The van der Waals surface area contributed by atoms with Crippen LogP contribution in [0.1, 0.15) is 48.0 Å². The van der Waals surface area contributed by atoms with Crippen LogP contribution < -0.4 is 0 Å². The number of hydrogen-bond acceptors (Lipinski definition) is 1. The van der Waals surface area contributed by atoms with Crippen LogP contribution in [0.15, 0.2) is 0 Å². The van der Waals surface area contributed by atoms with Gasteiger partial charge in [-0.2, -0.15) is 0 Å². The third kappa shape index (κ3) is 8.06. The Morgan fingerprint density at radius 1 is 1.08 bits per heavy atom. The average Bonchev–Trinajstić information content (AvgIpc) is 2.05. The second kappa shape index (κ2) is 9.05. The van der Waals surface area contributed by atoms with Crippen LogP contribution in [0.2, 0.25) is 0 Å². The first-order valence-corrected chi connectivity index (χ1v) is 5.28. The van der Waals surface area contributed by atoms with Gasteiger partial charge in [-0.15, -0.1) is 0 Å². The lowest BCUT2D eigenvalue weighted by Crippen LogP contribution is -2.31. The normalized spacial score (nSPS) is 12.8. The monoisotopic (exact) mass is 173 g/mol. The van der Waals surface area contributed by atoms with Crippen molar-refractivity contribution in [2.24, 2.45) is 5.92 Å². The maximum absolute atomic E-state index is 2.42. The Bertz CT molecular complexity index is 79.1. The second-order valence-electron chi connectivity index (χ2n) is 3.59. The first-order valence-electron chi connectivity index (χ1n) is 5.28. The Morgan fingerprint density at radius 3 is 1.75 bits per heavy atom. The molecule has 76 valence electrons. The molecule has 1 atom stereocenters. The van der Waals surface area contributed by atoms with Gasteiger partial charge < -0.3 is 4.90 Å². The fraction of sp³-hybridized carbons (Fsp3) is 1.00. The molecular formula is C11H27N. The summed E-state index contributed by atoms with van der Waals surface area (Å²) in [6, 6.07) is 0.738. The quantitative estimate of drug-likeness (QED) is 0.630. The highest BCUT2D eigenvalue weighted by Crippen LogP contribution is 2.03. The van der Waals surface area contributed by atoms with Crippen molar-refractivity contribution < 1.29 is 0 Å². The van der Waals surface area contributed by atoms with E-state index in [2.05, 4.69) is 39.6 Å². The highest BCUT2D eigenvalue weighted by atomic mass is 15.1. The summed E-state index contributed by atoms with van der Waals surface area (Å²) in [6.45, 7) is 14.3. The minimum Gasteiger partial charge on any atom is -0.303 e. The van der Waals surface area contributed by atoms with E-state index < -0.39 is 0 Å². The maximum Gasteiger partial charge on any atom is 0.00613 e. The first kappa shape index (κ1) is 14.5. The Hall–Kier alpha value is -0.0400. The van der Waals surface area contributed by atoms with Crippen molar-refractivity contribution in [3.63, 3.8) is 0 Å². The van der Waals surface area contributed by atoms with E-state index in [1.54, 1.807) is 0 Å². The molecule has 0 saturated heterocycles. The van der Waals surface area contributed by atoms with Crippen molar-refractivity contribution in [1.82, 2.24) is 4.90 Å². The lowest BCUT2D eigenvalue weighted by atomic mass is 10.1. The largest absolute Gasteiger partial charge is 0.303 e. The molecule has 0 spiro atoms. The Balaban J connectivity index is 0. The maximum atomic E-state index is 2.42. The van der Waals surface area contributed by atoms with Gasteiger partial charge in [0.2, 0.25) is 0 Å². The molecule has 0 radical (unpaired) electrons. The molecule has 0 bridgehead atoms. The SMILES string of the molecule is CC.CCC(C)N(C)CC(C)C. The van der Waals surface area contributed by atoms with Gasteiger partial charge in [0.15, 0.2) is 0 Å². The van der Waals surface area contributed by atoms with E-state index in [0.29, 0.717) is 0 Å². The fourth-order valence-electron chi connectivity index (χ4n) is 1.07. The highest BCUT2D eigenvalue weighted by Gasteiger charge is 2.06. The molecule has 0 N–H and O–H groups in total. The molecule has 1 nitrogen and oxygen atoms in total. The zero-order chi connectivity index (χ0) is 10.1. The van der Waals surface area contributed by atoms with E-state index in [0.717, 1.165) is 12.0 Å². The van der Waals surface area contributed by atoms with Crippen LogP contribution in [0.25, 0.3) is 0 Å². The van der Waals surface area contributed by atoms with Crippen LogP contribution in [0.3, 0.4) is 0 Å². The third-order valence-electron chi connectivity index (χ3n) is 2.00. The molecule has 0 aliphatic carbocycles. The molecular weight excluding hydrogens is 146 g/mol. The summed E-state index contributed by atoms with van der Waals surface area (Å²) in [5.74, 6) is 0.791. The lowest BCUT2D eigenvalue weighted by Gasteiger charge is -2.24. The molecule has 0 aromatic rings. The van der Waals surface area contributed by atoms with Crippen molar-refractivity contribution in [1.29, 1.82) is 0 Å². The van der Waals surface area contributed by atoms with Gasteiger partial charge >= 0.3 is 0 Å². The summed E-state index contributed by atoms with van der Waals surface area (Å²) >= 11 is 0. The fourth-order valence-corrected chi connectivity index (χ4v) is 1.07. The summed E-state index contributed by atoms with van der Waals surface area (Å²) in [5, 5.41) is 0. The zero-order valence-corrected chi connectivity index (χ0v) is 10.0.